The van der Waals surface area contributed by atoms with Gasteiger partial charge in [0, 0.05) is 34.2 Å². The van der Waals surface area contributed by atoms with Crippen molar-refractivity contribution in [3.8, 4) is 0 Å². The largest absolute Gasteiger partial charge is 0.307 e. The van der Waals surface area contributed by atoms with Crippen molar-refractivity contribution in [2.24, 2.45) is 0 Å². The van der Waals surface area contributed by atoms with E-state index in [1.54, 1.807) is 0 Å². The fourth-order valence-corrected chi connectivity index (χ4v) is 4.42. The Morgan fingerprint density at radius 1 is 1.20 bits per heavy atom. The summed E-state index contributed by atoms with van der Waals surface area (Å²) in [6.45, 7) is 2.19. The smallest absolute Gasteiger partial charge is 0.0468 e. The summed E-state index contributed by atoms with van der Waals surface area (Å²) in [7, 11) is 2.28. The van der Waals surface area contributed by atoms with Crippen LogP contribution in [-0.2, 0) is 0 Å². The molecule has 4 heteroatoms. The van der Waals surface area contributed by atoms with E-state index >= 15 is 0 Å². The van der Waals surface area contributed by atoms with Crippen molar-refractivity contribution in [2.75, 3.05) is 7.05 Å². The van der Waals surface area contributed by atoms with Gasteiger partial charge >= 0.3 is 0 Å². The van der Waals surface area contributed by atoms with Crippen LogP contribution in [0.25, 0.3) is 0 Å². The molecule has 2 aliphatic rings. The van der Waals surface area contributed by atoms with Crippen LogP contribution in [0.3, 0.4) is 0 Å². The van der Waals surface area contributed by atoms with Gasteiger partial charge in [-0.1, -0.05) is 29.3 Å². The first-order valence-electron chi connectivity index (χ1n) is 7.47. The molecule has 1 N–H and O–H groups in total. The normalized spacial score (nSPS) is 31.5. The van der Waals surface area contributed by atoms with E-state index in [1.807, 2.05) is 18.2 Å². The van der Waals surface area contributed by atoms with Crippen molar-refractivity contribution in [1.82, 2.24) is 10.2 Å². The van der Waals surface area contributed by atoms with Crippen molar-refractivity contribution in [3.63, 3.8) is 0 Å². The summed E-state index contributed by atoms with van der Waals surface area (Å²) in [5, 5.41) is 5.22. The van der Waals surface area contributed by atoms with E-state index in [0.717, 1.165) is 22.7 Å². The second-order valence-corrected chi connectivity index (χ2v) is 7.12. The van der Waals surface area contributed by atoms with E-state index in [0.29, 0.717) is 11.1 Å². The summed E-state index contributed by atoms with van der Waals surface area (Å²) < 4.78 is 0. The van der Waals surface area contributed by atoms with Gasteiger partial charge < -0.3 is 10.2 Å². The first-order valence-corrected chi connectivity index (χ1v) is 8.23. The van der Waals surface area contributed by atoms with E-state index in [4.69, 9.17) is 23.2 Å². The number of halogens is 2. The maximum absolute atomic E-state index is 6.30. The molecule has 0 amide bonds. The van der Waals surface area contributed by atoms with Crippen molar-refractivity contribution < 1.29 is 0 Å². The number of rotatable bonds is 3. The highest BCUT2D eigenvalue weighted by molar-refractivity contribution is 6.35. The summed E-state index contributed by atoms with van der Waals surface area (Å²) >= 11 is 12.3. The summed E-state index contributed by atoms with van der Waals surface area (Å²) in [6, 6.07) is 8.18. The number of hydrogen-bond acceptors (Lipinski definition) is 2. The maximum Gasteiger partial charge on any atom is 0.0468 e. The molecule has 0 spiro atoms. The van der Waals surface area contributed by atoms with Gasteiger partial charge in [-0.15, -0.1) is 0 Å². The molecule has 2 bridgehead atoms. The second kappa shape index (κ2) is 5.84. The lowest BCUT2D eigenvalue weighted by Crippen LogP contribution is -2.47. The van der Waals surface area contributed by atoms with Crippen LogP contribution in [0.15, 0.2) is 18.2 Å². The Balaban J connectivity index is 1.66. The molecular weight excluding hydrogens is 291 g/mol. The van der Waals surface area contributed by atoms with Crippen molar-refractivity contribution in [1.29, 1.82) is 0 Å². The summed E-state index contributed by atoms with van der Waals surface area (Å²) in [4.78, 5) is 2.57. The molecule has 2 aliphatic heterocycles. The Morgan fingerprint density at radius 3 is 2.45 bits per heavy atom. The lowest BCUT2D eigenvalue weighted by atomic mass is 9.96. The van der Waals surface area contributed by atoms with Gasteiger partial charge in [0.1, 0.15) is 0 Å². The Kier molecular flexibility index (Phi) is 4.28. The number of nitrogens with zero attached hydrogens (tertiary/aromatic N) is 1. The Morgan fingerprint density at radius 2 is 1.85 bits per heavy atom. The van der Waals surface area contributed by atoms with Gasteiger partial charge in [0.05, 0.1) is 0 Å². The van der Waals surface area contributed by atoms with E-state index in [-0.39, 0.29) is 6.04 Å². The van der Waals surface area contributed by atoms with E-state index in [9.17, 15) is 0 Å². The average Bonchev–Trinajstić information content (AvgIpc) is 2.62. The first-order chi connectivity index (χ1) is 9.54. The summed E-state index contributed by atoms with van der Waals surface area (Å²) in [5.74, 6) is 0. The molecule has 2 fully saturated rings. The predicted octanol–water partition coefficient (Wildman–Crippen LogP) is 4.27. The third-order valence-corrected chi connectivity index (χ3v) is 5.58. The highest BCUT2D eigenvalue weighted by Crippen LogP contribution is 2.35. The maximum atomic E-state index is 6.30. The minimum atomic E-state index is 0.271. The number of hydrogen-bond donors (Lipinski definition) is 1. The Hall–Kier alpha value is -0.280. The quantitative estimate of drug-likeness (QED) is 0.896. The molecule has 3 unspecified atom stereocenters. The molecule has 0 saturated carbocycles. The number of benzene rings is 1. The standard InChI is InChI=1S/C16H22Cl2N2/c1-10(15-6-3-11(17)7-16(15)18)19-12-8-13-4-5-14(9-12)20(13)2/h3,6-7,10,12-14,19H,4-5,8-9H2,1-2H3. The molecule has 20 heavy (non-hydrogen) atoms. The van der Waals surface area contributed by atoms with E-state index < -0.39 is 0 Å². The lowest BCUT2D eigenvalue weighted by Gasteiger charge is -2.38. The lowest BCUT2D eigenvalue weighted by molar-refractivity contribution is 0.144. The molecule has 0 radical (unpaired) electrons. The highest BCUT2D eigenvalue weighted by atomic mass is 35.5. The van der Waals surface area contributed by atoms with Crippen LogP contribution in [0.2, 0.25) is 10.0 Å². The minimum absolute atomic E-state index is 0.271. The van der Waals surface area contributed by atoms with Gasteiger partial charge in [0.2, 0.25) is 0 Å². The zero-order valence-electron chi connectivity index (χ0n) is 12.1. The second-order valence-electron chi connectivity index (χ2n) is 6.27. The third-order valence-electron chi connectivity index (χ3n) is 5.01. The zero-order valence-corrected chi connectivity index (χ0v) is 13.6. The summed E-state index contributed by atoms with van der Waals surface area (Å²) in [6.07, 6.45) is 5.22. The molecule has 0 aromatic heterocycles. The van der Waals surface area contributed by atoms with Gasteiger partial charge in [-0.05, 0) is 57.4 Å². The van der Waals surface area contributed by atoms with Crippen LogP contribution < -0.4 is 5.32 Å². The first kappa shape index (κ1) is 14.6. The van der Waals surface area contributed by atoms with Crippen LogP contribution >= 0.6 is 23.2 Å². The van der Waals surface area contributed by atoms with Crippen LogP contribution in [-0.4, -0.2) is 30.1 Å². The Bertz CT molecular complexity index is 477. The highest BCUT2D eigenvalue weighted by Gasteiger charge is 2.38. The van der Waals surface area contributed by atoms with Gasteiger partial charge in [0.25, 0.3) is 0 Å². The molecule has 2 heterocycles. The van der Waals surface area contributed by atoms with Gasteiger partial charge in [-0.25, -0.2) is 0 Å². The van der Waals surface area contributed by atoms with Gasteiger partial charge in [0.15, 0.2) is 0 Å². The van der Waals surface area contributed by atoms with Crippen molar-refractivity contribution in [3.05, 3.63) is 33.8 Å². The number of nitrogens with one attached hydrogen (secondary N) is 1. The van der Waals surface area contributed by atoms with Crippen molar-refractivity contribution >= 4 is 23.2 Å². The summed E-state index contributed by atoms with van der Waals surface area (Å²) in [5.41, 5.74) is 1.14. The monoisotopic (exact) mass is 312 g/mol. The van der Waals surface area contributed by atoms with Crippen LogP contribution in [0.4, 0.5) is 0 Å². The van der Waals surface area contributed by atoms with Crippen LogP contribution in [0.1, 0.15) is 44.2 Å². The van der Waals surface area contributed by atoms with Crippen LogP contribution in [0.5, 0.6) is 0 Å². The van der Waals surface area contributed by atoms with Crippen LogP contribution in [0, 0.1) is 0 Å². The van der Waals surface area contributed by atoms with Crippen molar-refractivity contribution in [2.45, 2.75) is 56.8 Å². The van der Waals surface area contributed by atoms with E-state index in [2.05, 4.69) is 24.2 Å². The molecule has 0 aliphatic carbocycles. The molecule has 1 aromatic carbocycles. The average molecular weight is 313 g/mol. The van der Waals surface area contributed by atoms with Gasteiger partial charge in [-0.2, -0.15) is 0 Å². The molecule has 2 saturated heterocycles. The molecular formula is C16H22Cl2N2. The number of fused-ring (bicyclic) bond motifs is 2. The molecule has 110 valence electrons. The van der Waals surface area contributed by atoms with Gasteiger partial charge in [-0.3, -0.25) is 0 Å². The predicted molar refractivity (Wildman–Crippen MR) is 85.6 cm³/mol. The zero-order chi connectivity index (χ0) is 14.3. The minimum Gasteiger partial charge on any atom is -0.307 e. The fourth-order valence-electron chi connectivity index (χ4n) is 3.84. The molecule has 3 atom stereocenters. The topological polar surface area (TPSA) is 15.3 Å². The SMILES string of the molecule is CC(NC1CC2CCC(C1)N2C)c1ccc(Cl)cc1Cl. The molecule has 3 rings (SSSR count). The molecule has 2 nitrogen and oxygen atoms in total. The Labute approximate surface area is 131 Å². The number of piperidine rings is 1. The van der Waals surface area contributed by atoms with E-state index in [1.165, 1.54) is 25.7 Å². The molecule has 1 aromatic rings. The fraction of sp³-hybridized carbons (Fsp3) is 0.625. The third kappa shape index (κ3) is 2.85.